The van der Waals surface area contributed by atoms with Crippen LogP contribution in [0.4, 0.5) is 0 Å². The minimum absolute atomic E-state index is 0.0196. The van der Waals surface area contributed by atoms with Gasteiger partial charge >= 0.3 is 0 Å². The van der Waals surface area contributed by atoms with Gasteiger partial charge in [0.15, 0.2) is 11.5 Å². The van der Waals surface area contributed by atoms with Crippen LogP contribution in [0.3, 0.4) is 0 Å². The van der Waals surface area contributed by atoms with Crippen molar-refractivity contribution in [1.82, 2.24) is 5.32 Å². The average molecular weight is 299 g/mol. The second-order valence-electron chi connectivity index (χ2n) is 5.07. The fraction of sp³-hybridized carbons (Fsp3) is 0.278. The number of ether oxygens (including phenoxy) is 2. The monoisotopic (exact) mass is 299 g/mol. The maximum absolute atomic E-state index is 12.2. The number of rotatable bonds is 6. The van der Waals surface area contributed by atoms with Gasteiger partial charge in [0.2, 0.25) is 5.91 Å². The quantitative estimate of drug-likeness (QED) is 0.891. The second kappa shape index (κ2) is 7.50. The summed E-state index contributed by atoms with van der Waals surface area (Å²) in [5.74, 6) is 1.26. The van der Waals surface area contributed by atoms with Crippen molar-refractivity contribution >= 4 is 5.91 Å². The van der Waals surface area contributed by atoms with E-state index in [1.807, 2.05) is 55.5 Å². The van der Waals surface area contributed by atoms with Crippen LogP contribution in [0.25, 0.3) is 0 Å². The molecule has 0 saturated heterocycles. The molecule has 0 aliphatic carbocycles. The molecule has 4 heteroatoms. The molecule has 0 aliphatic heterocycles. The smallest absolute Gasteiger partial charge is 0.224 e. The zero-order valence-corrected chi connectivity index (χ0v) is 13.1. The first-order chi connectivity index (χ1) is 10.6. The number of hydrogen-bond acceptors (Lipinski definition) is 3. The van der Waals surface area contributed by atoms with Crippen LogP contribution in [0.5, 0.6) is 11.5 Å². The summed E-state index contributed by atoms with van der Waals surface area (Å²) >= 11 is 0. The average Bonchev–Trinajstić information content (AvgIpc) is 2.55. The van der Waals surface area contributed by atoms with Crippen LogP contribution < -0.4 is 14.8 Å². The normalized spacial score (nSPS) is 11.6. The molecule has 0 spiro atoms. The lowest BCUT2D eigenvalue weighted by molar-refractivity contribution is -0.121. The summed E-state index contributed by atoms with van der Waals surface area (Å²) in [4.78, 5) is 12.2. The summed E-state index contributed by atoms with van der Waals surface area (Å²) in [5.41, 5.74) is 1.97. The Balaban J connectivity index is 2.00. The topological polar surface area (TPSA) is 47.6 Å². The van der Waals surface area contributed by atoms with Gasteiger partial charge in [-0.15, -0.1) is 0 Å². The van der Waals surface area contributed by atoms with Crippen LogP contribution in [-0.4, -0.2) is 20.1 Å². The molecule has 0 saturated carbocycles. The van der Waals surface area contributed by atoms with Crippen molar-refractivity contribution in [2.75, 3.05) is 14.2 Å². The molecule has 2 aromatic rings. The molecule has 1 N–H and O–H groups in total. The Kier molecular flexibility index (Phi) is 5.42. The highest BCUT2D eigenvalue weighted by Crippen LogP contribution is 2.27. The third kappa shape index (κ3) is 4.01. The van der Waals surface area contributed by atoms with Crippen LogP contribution in [0.15, 0.2) is 48.5 Å². The van der Waals surface area contributed by atoms with E-state index in [1.54, 1.807) is 14.2 Å². The first kappa shape index (κ1) is 15.9. The number of methoxy groups -OCH3 is 2. The molecular weight excluding hydrogens is 278 g/mol. The Morgan fingerprint density at radius 2 is 1.73 bits per heavy atom. The second-order valence-corrected chi connectivity index (χ2v) is 5.07. The molecule has 0 aromatic heterocycles. The first-order valence-electron chi connectivity index (χ1n) is 7.19. The maximum Gasteiger partial charge on any atom is 0.224 e. The Bertz CT molecular complexity index is 625. The summed E-state index contributed by atoms with van der Waals surface area (Å²) in [5, 5.41) is 3.00. The van der Waals surface area contributed by atoms with E-state index >= 15 is 0 Å². The zero-order chi connectivity index (χ0) is 15.9. The van der Waals surface area contributed by atoms with Crippen LogP contribution in [0, 0.1) is 0 Å². The number of carbonyl (C=O) groups is 1. The van der Waals surface area contributed by atoms with E-state index in [1.165, 1.54) is 0 Å². The standard InChI is InChI=1S/C18H21NO3/c1-13(15-7-5-4-6-8-15)19-18(20)12-14-9-10-16(21-2)17(11-14)22-3/h4-11,13H,12H2,1-3H3,(H,19,20)/t13-/m0/s1. The van der Waals surface area contributed by atoms with Gasteiger partial charge in [0, 0.05) is 0 Å². The van der Waals surface area contributed by atoms with Crippen molar-refractivity contribution in [3.63, 3.8) is 0 Å². The van der Waals surface area contributed by atoms with Gasteiger partial charge in [0.1, 0.15) is 0 Å². The Labute approximate surface area is 131 Å². The van der Waals surface area contributed by atoms with E-state index in [0.29, 0.717) is 17.9 Å². The molecular formula is C18H21NO3. The van der Waals surface area contributed by atoms with Gasteiger partial charge in [0.25, 0.3) is 0 Å². The Hall–Kier alpha value is -2.49. The van der Waals surface area contributed by atoms with Crippen LogP contribution >= 0.6 is 0 Å². The predicted octanol–water partition coefficient (Wildman–Crippen LogP) is 3.12. The molecule has 2 rings (SSSR count). The molecule has 4 nitrogen and oxygen atoms in total. The molecule has 1 atom stereocenters. The van der Waals surface area contributed by atoms with E-state index in [4.69, 9.17) is 9.47 Å². The van der Waals surface area contributed by atoms with E-state index < -0.39 is 0 Å². The van der Waals surface area contributed by atoms with Crippen molar-refractivity contribution in [2.24, 2.45) is 0 Å². The fourth-order valence-corrected chi connectivity index (χ4v) is 2.29. The molecule has 0 aliphatic rings. The van der Waals surface area contributed by atoms with Crippen molar-refractivity contribution in [3.05, 3.63) is 59.7 Å². The van der Waals surface area contributed by atoms with Crippen molar-refractivity contribution in [1.29, 1.82) is 0 Å². The number of nitrogens with one attached hydrogen (secondary N) is 1. The number of benzene rings is 2. The molecule has 0 heterocycles. The number of hydrogen-bond donors (Lipinski definition) is 1. The van der Waals surface area contributed by atoms with Crippen LogP contribution in [0.2, 0.25) is 0 Å². The van der Waals surface area contributed by atoms with Gasteiger partial charge in [-0.2, -0.15) is 0 Å². The summed E-state index contributed by atoms with van der Waals surface area (Å²) in [6.07, 6.45) is 0.303. The molecule has 116 valence electrons. The third-order valence-electron chi connectivity index (χ3n) is 3.49. The number of carbonyl (C=O) groups excluding carboxylic acids is 1. The van der Waals surface area contributed by atoms with E-state index in [-0.39, 0.29) is 11.9 Å². The summed E-state index contributed by atoms with van der Waals surface area (Å²) in [7, 11) is 3.17. The summed E-state index contributed by atoms with van der Waals surface area (Å²) in [6.45, 7) is 1.97. The lowest BCUT2D eigenvalue weighted by Crippen LogP contribution is -2.28. The third-order valence-corrected chi connectivity index (χ3v) is 3.49. The van der Waals surface area contributed by atoms with Crippen molar-refractivity contribution in [3.8, 4) is 11.5 Å². The fourth-order valence-electron chi connectivity index (χ4n) is 2.29. The summed E-state index contributed by atoms with van der Waals surface area (Å²) < 4.78 is 10.4. The highest BCUT2D eigenvalue weighted by atomic mass is 16.5. The molecule has 2 aromatic carbocycles. The minimum Gasteiger partial charge on any atom is -0.493 e. The van der Waals surface area contributed by atoms with Crippen LogP contribution in [0.1, 0.15) is 24.1 Å². The summed E-state index contributed by atoms with van der Waals surface area (Å²) in [6, 6.07) is 15.4. The lowest BCUT2D eigenvalue weighted by atomic mass is 10.1. The van der Waals surface area contributed by atoms with E-state index in [9.17, 15) is 4.79 Å². The Morgan fingerprint density at radius 3 is 2.36 bits per heavy atom. The van der Waals surface area contributed by atoms with Gasteiger partial charge in [-0.25, -0.2) is 0 Å². The molecule has 0 fully saturated rings. The zero-order valence-electron chi connectivity index (χ0n) is 13.1. The highest BCUT2D eigenvalue weighted by Gasteiger charge is 2.11. The SMILES string of the molecule is COc1ccc(CC(=O)N[C@@H](C)c2ccccc2)cc1OC. The number of amides is 1. The van der Waals surface area contributed by atoms with Crippen molar-refractivity contribution < 1.29 is 14.3 Å². The lowest BCUT2D eigenvalue weighted by Gasteiger charge is -2.15. The molecule has 22 heavy (non-hydrogen) atoms. The molecule has 1 amide bonds. The van der Waals surface area contributed by atoms with Gasteiger partial charge in [-0.3, -0.25) is 4.79 Å². The largest absolute Gasteiger partial charge is 0.493 e. The Morgan fingerprint density at radius 1 is 1.05 bits per heavy atom. The highest BCUT2D eigenvalue weighted by molar-refractivity contribution is 5.79. The van der Waals surface area contributed by atoms with E-state index in [0.717, 1.165) is 11.1 Å². The van der Waals surface area contributed by atoms with Gasteiger partial charge in [-0.05, 0) is 30.2 Å². The van der Waals surface area contributed by atoms with Gasteiger partial charge < -0.3 is 14.8 Å². The van der Waals surface area contributed by atoms with E-state index in [2.05, 4.69) is 5.32 Å². The molecule has 0 radical (unpaired) electrons. The molecule has 0 bridgehead atoms. The minimum atomic E-state index is -0.0245. The van der Waals surface area contributed by atoms with Crippen molar-refractivity contribution in [2.45, 2.75) is 19.4 Å². The maximum atomic E-state index is 12.2. The van der Waals surface area contributed by atoms with Gasteiger partial charge in [-0.1, -0.05) is 36.4 Å². The molecule has 0 unspecified atom stereocenters. The van der Waals surface area contributed by atoms with Crippen LogP contribution in [-0.2, 0) is 11.2 Å². The first-order valence-corrected chi connectivity index (χ1v) is 7.19. The van der Waals surface area contributed by atoms with Gasteiger partial charge in [0.05, 0.1) is 26.7 Å². The predicted molar refractivity (Wildman–Crippen MR) is 86.2 cm³/mol.